The number of amides is 1. The van der Waals surface area contributed by atoms with Gasteiger partial charge in [-0.25, -0.2) is 15.0 Å². The van der Waals surface area contributed by atoms with Gasteiger partial charge in [0, 0.05) is 81.3 Å². The Kier molecular flexibility index (Phi) is 15.5. The molecule has 0 radical (unpaired) electrons. The second kappa shape index (κ2) is 19.3. The topological polar surface area (TPSA) is 134 Å². The third-order valence-electron chi connectivity index (χ3n) is 9.98. The van der Waals surface area contributed by atoms with Crippen LogP contribution in [0.1, 0.15) is 67.7 Å². The van der Waals surface area contributed by atoms with Gasteiger partial charge in [0.1, 0.15) is 0 Å². The highest BCUT2D eigenvalue weighted by Crippen LogP contribution is 2.41. The highest BCUT2D eigenvalue weighted by atomic mass is 16.5. The fraction of sp³-hybridized carbons (Fsp3) is 0.452. The molecule has 1 amide bonds. The minimum Gasteiger partial charge on any atom is -0.515 e. The molecule has 5 rings (SSSR count). The van der Waals surface area contributed by atoms with Crippen LogP contribution >= 0.6 is 0 Å². The minimum absolute atomic E-state index is 0.0521. The molecule has 2 unspecified atom stereocenters. The number of hydrogen-bond acceptors (Lipinski definition) is 10. The molecule has 5 heterocycles. The van der Waals surface area contributed by atoms with Crippen LogP contribution in [0, 0.1) is 11.8 Å². The zero-order valence-electron chi connectivity index (χ0n) is 33.6. The van der Waals surface area contributed by atoms with E-state index in [9.17, 15) is 14.7 Å². The molecule has 8 bridgehead atoms. The van der Waals surface area contributed by atoms with Crippen molar-refractivity contribution in [2.24, 2.45) is 26.8 Å². The molecule has 1 fully saturated rings. The zero-order chi connectivity index (χ0) is 39.6. The van der Waals surface area contributed by atoms with E-state index in [1.54, 1.807) is 40.2 Å². The summed E-state index contributed by atoms with van der Waals surface area (Å²) < 4.78 is 13.7. The number of methoxy groups -OCH3 is 3. The van der Waals surface area contributed by atoms with Gasteiger partial charge in [-0.1, -0.05) is 40.3 Å². The van der Waals surface area contributed by atoms with Crippen molar-refractivity contribution in [1.82, 2.24) is 10.2 Å². The van der Waals surface area contributed by atoms with Crippen molar-refractivity contribution < 1.29 is 28.9 Å². The molecular formula is C42H57N5O6. The summed E-state index contributed by atoms with van der Waals surface area (Å²) in [7, 11) is 8.04. The van der Waals surface area contributed by atoms with Gasteiger partial charge in [0.25, 0.3) is 0 Å². The first kappa shape index (κ1) is 42.5. The second-order valence-electron chi connectivity index (χ2n) is 13.3. The van der Waals surface area contributed by atoms with E-state index in [0.29, 0.717) is 30.9 Å². The molecule has 0 aromatic rings. The second-order valence-corrected chi connectivity index (χ2v) is 13.3. The zero-order valence-corrected chi connectivity index (χ0v) is 33.6. The van der Waals surface area contributed by atoms with Gasteiger partial charge < -0.3 is 29.5 Å². The predicted molar refractivity (Wildman–Crippen MR) is 214 cm³/mol. The van der Waals surface area contributed by atoms with Crippen LogP contribution in [0.3, 0.4) is 0 Å². The molecule has 5 aliphatic heterocycles. The number of aliphatic hydroxyl groups excluding tert-OH is 1. The van der Waals surface area contributed by atoms with Crippen LogP contribution in [0.5, 0.6) is 0 Å². The van der Waals surface area contributed by atoms with E-state index in [1.807, 2.05) is 19.1 Å². The highest BCUT2D eigenvalue weighted by molar-refractivity contribution is 6.20. The standard InChI is InChI=1S/C36H43N5O3.C4H8O2.C2H6O/c1-10-24-21(5)29-15-28-19(3)20(4)35(39-28)26(14-34(43)41(8)12-13-44-9)36-27(18-42)23(7)31(40-36)17-33-25(11-2)22(6)30(38-33)16-32(24)37-29;1-3-4(5)6-2;1-3-2/h10,15-20,39,42H,1,11-14H2,2-9H3;3H2,1-2H3;1-2H3/b27-18+,28-15?,32-16?,33-17?,35-26?;;. The average Bonchev–Trinajstić information content (AvgIpc) is 3.82. The molecule has 0 aromatic heterocycles. The summed E-state index contributed by atoms with van der Waals surface area (Å²) >= 11 is 0. The van der Waals surface area contributed by atoms with E-state index in [-0.39, 0.29) is 30.1 Å². The smallest absolute Gasteiger partial charge is 0.305 e. The van der Waals surface area contributed by atoms with Gasteiger partial charge in [0.15, 0.2) is 0 Å². The summed E-state index contributed by atoms with van der Waals surface area (Å²) in [6.07, 6.45) is 10.5. The molecule has 1 saturated heterocycles. The van der Waals surface area contributed by atoms with E-state index in [4.69, 9.17) is 19.7 Å². The van der Waals surface area contributed by atoms with Crippen LogP contribution in [0.15, 0.2) is 120 Å². The molecule has 0 aliphatic carbocycles. The Bertz CT molecular complexity index is 1840. The van der Waals surface area contributed by atoms with Gasteiger partial charge in [0.05, 0.1) is 60.6 Å². The lowest BCUT2D eigenvalue weighted by Crippen LogP contribution is -2.31. The molecule has 11 nitrogen and oxygen atoms in total. The van der Waals surface area contributed by atoms with E-state index in [0.717, 1.165) is 86.0 Å². The Labute approximate surface area is 315 Å². The number of carbonyl (C=O) groups excluding carboxylic acids is 2. The van der Waals surface area contributed by atoms with Crippen LogP contribution < -0.4 is 5.32 Å². The van der Waals surface area contributed by atoms with Crippen molar-refractivity contribution in [2.75, 3.05) is 48.6 Å². The predicted octanol–water partition coefficient (Wildman–Crippen LogP) is 7.42. The number of aliphatic imine (C=N–C) groups is 3. The van der Waals surface area contributed by atoms with Gasteiger partial charge in [-0.2, -0.15) is 0 Å². The third-order valence-corrected chi connectivity index (χ3v) is 9.98. The molecule has 5 aliphatic rings. The Morgan fingerprint density at radius 3 is 2.11 bits per heavy atom. The molecule has 286 valence electrons. The molecule has 0 saturated carbocycles. The summed E-state index contributed by atoms with van der Waals surface area (Å²) in [6, 6.07) is 0. The van der Waals surface area contributed by atoms with Gasteiger partial charge in [-0.05, 0) is 67.7 Å². The normalized spacial score (nSPS) is 21.1. The first-order valence-electron chi connectivity index (χ1n) is 18.0. The van der Waals surface area contributed by atoms with Gasteiger partial charge >= 0.3 is 5.97 Å². The van der Waals surface area contributed by atoms with Gasteiger partial charge in [-0.3, -0.25) is 9.59 Å². The maximum absolute atomic E-state index is 13.6. The quantitative estimate of drug-likeness (QED) is 0.196. The molecule has 2 atom stereocenters. The molecule has 0 aromatic carbocycles. The largest absolute Gasteiger partial charge is 0.515 e. The molecule has 2 N–H and O–H groups in total. The number of likely N-dealkylation sites (N-methyl/N-ethyl adjacent to an activating group) is 1. The van der Waals surface area contributed by atoms with Crippen LogP contribution in [0.2, 0.25) is 0 Å². The molecule has 53 heavy (non-hydrogen) atoms. The van der Waals surface area contributed by atoms with Gasteiger partial charge in [-0.15, -0.1) is 0 Å². The highest BCUT2D eigenvalue weighted by Gasteiger charge is 2.36. The maximum atomic E-state index is 13.6. The number of rotatable bonds is 8. The van der Waals surface area contributed by atoms with Gasteiger partial charge in [0.2, 0.25) is 5.91 Å². The van der Waals surface area contributed by atoms with Crippen LogP contribution in [-0.4, -0.2) is 87.7 Å². The molecule has 11 heteroatoms. The number of aliphatic hydroxyl groups is 1. The molecule has 0 spiro atoms. The van der Waals surface area contributed by atoms with Crippen molar-refractivity contribution in [3.63, 3.8) is 0 Å². The van der Waals surface area contributed by atoms with Crippen molar-refractivity contribution in [3.8, 4) is 0 Å². The number of nitrogens with one attached hydrogen (secondary N) is 1. The summed E-state index contributed by atoms with van der Waals surface area (Å²) in [5.41, 5.74) is 13.2. The third kappa shape index (κ3) is 9.39. The number of ether oxygens (including phenoxy) is 3. The summed E-state index contributed by atoms with van der Waals surface area (Å²) in [5.74, 6) is -0.0170. The van der Waals surface area contributed by atoms with Crippen molar-refractivity contribution in [1.29, 1.82) is 0 Å². The van der Waals surface area contributed by atoms with Crippen molar-refractivity contribution >= 4 is 29.0 Å². The van der Waals surface area contributed by atoms with Crippen molar-refractivity contribution in [3.05, 3.63) is 105 Å². The first-order valence-corrected chi connectivity index (χ1v) is 18.0. The Balaban J connectivity index is 0.000000753. The number of allylic oxidation sites excluding steroid dienone is 11. The number of carbonyl (C=O) groups is 2. The monoisotopic (exact) mass is 727 g/mol. The van der Waals surface area contributed by atoms with Crippen LogP contribution in [0.4, 0.5) is 0 Å². The van der Waals surface area contributed by atoms with Crippen LogP contribution in [0.25, 0.3) is 0 Å². The minimum atomic E-state index is -0.157. The van der Waals surface area contributed by atoms with E-state index < -0.39 is 0 Å². The molecular weight excluding hydrogens is 670 g/mol. The van der Waals surface area contributed by atoms with Crippen molar-refractivity contribution in [2.45, 2.75) is 67.7 Å². The Morgan fingerprint density at radius 2 is 1.57 bits per heavy atom. The van der Waals surface area contributed by atoms with Crippen LogP contribution in [-0.2, 0) is 23.8 Å². The SMILES string of the molecule is C=CC1=C(C)C2=NC1=CC1=NC(=CC3=C(C)/C(=C\O)C(=N3)C(CC(=O)N(C)CCOC)=C3NC(=C2)C(C)C3C)C(CC)=C1C.CCC(=O)OC.COC. The first-order chi connectivity index (χ1) is 25.3. The fourth-order valence-corrected chi connectivity index (χ4v) is 6.47. The summed E-state index contributed by atoms with van der Waals surface area (Å²) in [6.45, 7) is 19.4. The Morgan fingerprint density at radius 1 is 0.925 bits per heavy atom. The lowest BCUT2D eigenvalue weighted by molar-refractivity contribution is -0.140. The summed E-state index contributed by atoms with van der Waals surface area (Å²) in [5, 5.41) is 14.2. The summed E-state index contributed by atoms with van der Waals surface area (Å²) in [4.78, 5) is 40.4. The number of nitrogens with zero attached hydrogens (tertiary/aromatic N) is 4. The fourth-order valence-electron chi connectivity index (χ4n) is 6.47. The van der Waals surface area contributed by atoms with E-state index >= 15 is 0 Å². The maximum Gasteiger partial charge on any atom is 0.305 e. The average molecular weight is 728 g/mol. The van der Waals surface area contributed by atoms with E-state index in [1.165, 1.54) is 7.11 Å². The lowest BCUT2D eigenvalue weighted by atomic mass is 9.88. The number of hydrogen-bond donors (Lipinski definition) is 2. The number of fused-ring (bicyclic) bond motifs is 5. The lowest BCUT2D eigenvalue weighted by Gasteiger charge is -2.21. The Hall–Kier alpha value is -4.87. The number of esters is 1. The van der Waals surface area contributed by atoms with E-state index in [2.05, 4.69) is 68.1 Å².